The number of quaternary nitrogens is 1. The number of ether oxygens (including phenoxy) is 4. The summed E-state index contributed by atoms with van der Waals surface area (Å²) in [7, 11) is 5.97. The number of hydrogen-bond acceptors (Lipinski definition) is 7. The molecule has 0 saturated heterocycles. The number of hydrogen-bond donors (Lipinski definition) is 1. The highest BCUT2D eigenvalue weighted by Crippen LogP contribution is 2.17. The Morgan fingerprint density at radius 2 is 0.701 bits per heavy atom. The highest BCUT2D eigenvalue weighted by molar-refractivity contribution is 5.71. The van der Waals surface area contributed by atoms with Gasteiger partial charge in [0.1, 0.15) is 13.2 Å². The van der Waals surface area contributed by atoms with Crippen molar-refractivity contribution < 1.29 is 42.9 Å². The molecule has 0 aliphatic rings. The molecule has 0 saturated carbocycles. The minimum Gasteiger partial charge on any atom is -0.477 e. The maximum atomic E-state index is 12.9. The average Bonchev–Trinajstić information content (AvgIpc) is 3.40. The molecule has 0 aromatic heterocycles. The maximum Gasteiger partial charge on any atom is 0.361 e. The first-order chi connectivity index (χ1) is 37.6. The summed E-state index contributed by atoms with van der Waals surface area (Å²) in [6.07, 6.45) is 73.1. The number of likely N-dealkylation sites (N-methyl/N-ethyl adjacent to an activating group) is 1. The van der Waals surface area contributed by atoms with E-state index in [4.69, 9.17) is 18.9 Å². The van der Waals surface area contributed by atoms with Crippen molar-refractivity contribution in [2.45, 2.75) is 309 Å². The highest BCUT2D eigenvalue weighted by atomic mass is 16.7. The zero-order valence-electron chi connectivity index (χ0n) is 51.1. The Labute approximate surface area is 475 Å². The smallest absolute Gasteiger partial charge is 0.361 e. The van der Waals surface area contributed by atoms with E-state index in [0.717, 1.165) is 64.2 Å². The Bertz CT molecular complexity index is 1450. The van der Waals surface area contributed by atoms with E-state index in [1.54, 1.807) is 0 Å². The van der Waals surface area contributed by atoms with Gasteiger partial charge in [-0.3, -0.25) is 9.59 Å². The van der Waals surface area contributed by atoms with Crippen LogP contribution >= 0.6 is 0 Å². The summed E-state index contributed by atoms with van der Waals surface area (Å²) in [5, 5.41) is 9.73. The van der Waals surface area contributed by atoms with Gasteiger partial charge in [0.2, 0.25) is 0 Å². The van der Waals surface area contributed by atoms with Gasteiger partial charge in [0.05, 0.1) is 34.4 Å². The lowest BCUT2D eigenvalue weighted by Gasteiger charge is -2.25. The molecule has 0 aromatic rings. The quantitative estimate of drug-likeness (QED) is 0.0211. The summed E-state index contributed by atoms with van der Waals surface area (Å²) in [4.78, 5) is 37.5. The molecular formula is C68H124NO8+. The number of carboxylic acid groups (broad SMARTS) is 1. The number of carbonyl (C=O) groups excluding carboxylic acids is 2. The molecule has 0 radical (unpaired) electrons. The standard InChI is InChI=1S/C68H123NO8/c1-6-8-10-12-14-16-18-20-22-24-26-28-30-31-32-33-34-35-37-38-40-42-44-46-48-50-52-54-56-58-65(70)75-62-64(63-76-68(67(72)73)74-61-60-69(3,4)5)77-66(71)59-57-55-53-51-49-47-45-43-41-39-36-29-27-25-23-21-19-17-15-13-11-9-7-2/h18-21,24-27,36,39,64,68H,6-17,22-23,28-35,37-38,40-63H2,1-5H3/p+1/b20-18-,21-19-,26-24-,27-25-,39-36-. The van der Waals surface area contributed by atoms with E-state index < -0.39 is 24.3 Å². The molecule has 0 spiro atoms. The monoisotopic (exact) mass is 1080 g/mol. The van der Waals surface area contributed by atoms with Crippen LogP contribution in [0.25, 0.3) is 0 Å². The third-order valence-electron chi connectivity index (χ3n) is 14.2. The van der Waals surface area contributed by atoms with Gasteiger partial charge in [-0.15, -0.1) is 0 Å². The molecule has 0 aliphatic carbocycles. The number of carbonyl (C=O) groups is 3. The van der Waals surface area contributed by atoms with Crippen molar-refractivity contribution in [1.82, 2.24) is 0 Å². The Morgan fingerprint density at radius 1 is 0.390 bits per heavy atom. The number of carboxylic acids is 1. The maximum absolute atomic E-state index is 12.9. The molecule has 0 aromatic carbocycles. The average molecular weight is 1080 g/mol. The van der Waals surface area contributed by atoms with Crippen molar-refractivity contribution >= 4 is 17.9 Å². The van der Waals surface area contributed by atoms with Crippen molar-refractivity contribution in [1.29, 1.82) is 0 Å². The van der Waals surface area contributed by atoms with Crippen LogP contribution in [0.3, 0.4) is 0 Å². The number of unbranched alkanes of at least 4 members (excludes halogenated alkanes) is 35. The van der Waals surface area contributed by atoms with Gasteiger partial charge in [0.25, 0.3) is 6.29 Å². The molecule has 0 heterocycles. The minimum atomic E-state index is -1.51. The molecule has 0 rings (SSSR count). The van der Waals surface area contributed by atoms with Crippen LogP contribution in [0.1, 0.15) is 296 Å². The van der Waals surface area contributed by atoms with E-state index in [2.05, 4.69) is 74.6 Å². The number of allylic oxidation sites excluding steroid dienone is 10. The van der Waals surface area contributed by atoms with Crippen molar-refractivity contribution in [2.75, 3.05) is 47.5 Å². The largest absolute Gasteiger partial charge is 0.477 e. The molecule has 2 atom stereocenters. The molecule has 0 aliphatic heterocycles. The number of rotatable bonds is 60. The summed E-state index contributed by atoms with van der Waals surface area (Å²) in [6, 6.07) is 0. The Balaban J connectivity index is 4.16. The first-order valence-electron chi connectivity index (χ1n) is 32.5. The van der Waals surface area contributed by atoms with E-state index in [1.807, 2.05) is 21.1 Å². The molecule has 77 heavy (non-hydrogen) atoms. The van der Waals surface area contributed by atoms with Crippen molar-refractivity contribution in [2.24, 2.45) is 0 Å². The Hall–Kier alpha value is -3.01. The van der Waals surface area contributed by atoms with E-state index in [1.165, 1.54) is 199 Å². The molecule has 1 N–H and O–H groups in total. The topological polar surface area (TPSA) is 108 Å². The van der Waals surface area contributed by atoms with Gasteiger partial charge in [0, 0.05) is 12.8 Å². The first-order valence-corrected chi connectivity index (χ1v) is 32.5. The molecule has 0 bridgehead atoms. The highest BCUT2D eigenvalue weighted by Gasteiger charge is 2.25. The fraction of sp³-hybridized carbons (Fsp3) is 0.809. The van der Waals surface area contributed by atoms with Gasteiger partial charge >= 0.3 is 17.9 Å². The predicted molar refractivity (Wildman–Crippen MR) is 327 cm³/mol. The molecule has 0 fully saturated rings. The minimum absolute atomic E-state index is 0.184. The zero-order chi connectivity index (χ0) is 56.2. The van der Waals surface area contributed by atoms with Crippen molar-refractivity contribution in [3.63, 3.8) is 0 Å². The van der Waals surface area contributed by atoms with Crippen LogP contribution in [-0.4, -0.2) is 87.4 Å². The molecule has 0 amide bonds. The van der Waals surface area contributed by atoms with Crippen LogP contribution in [-0.2, 0) is 33.3 Å². The fourth-order valence-electron chi connectivity index (χ4n) is 9.23. The van der Waals surface area contributed by atoms with Gasteiger partial charge < -0.3 is 28.5 Å². The van der Waals surface area contributed by atoms with Crippen molar-refractivity contribution in [3.05, 3.63) is 60.8 Å². The van der Waals surface area contributed by atoms with E-state index in [0.29, 0.717) is 23.9 Å². The molecular weight excluding hydrogens is 959 g/mol. The number of esters is 2. The third kappa shape index (κ3) is 60.5. The SMILES string of the molecule is CCCCCCC/C=C\C/C=C\C/C=C\CCCCCCCCCCC(=O)OC(COC(=O)CCCCCCCCCCCCCCCCCCC/C=C\C/C=C\CCCCCCC)COC(OCC[N+](C)(C)C)C(=O)O. The first kappa shape index (κ1) is 74.0. The van der Waals surface area contributed by atoms with Gasteiger partial charge in [-0.1, -0.05) is 261 Å². The second-order valence-electron chi connectivity index (χ2n) is 23.1. The van der Waals surface area contributed by atoms with Crippen LogP contribution in [0.5, 0.6) is 0 Å². The summed E-state index contributed by atoms with van der Waals surface area (Å²) >= 11 is 0. The van der Waals surface area contributed by atoms with Gasteiger partial charge in [-0.2, -0.15) is 0 Å². The summed E-state index contributed by atoms with van der Waals surface area (Å²) < 4.78 is 22.9. The van der Waals surface area contributed by atoms with E-state index >= 15 is 0 Å². The Morgan fingerprint density at radius 3 is 1.04 bits per heavy atom. The van der Waals surface area contributed by atoms with Gasteiger partial charge in [0.15, 0.2) is 6.10 Å². The molecule has 2 unspecified atom stereocenters. The van der Waals surface area contributed by atoms with Gasteiger partial charge in [-0.25, -0.2) is 4.79 Å². The third-order valence-corrected chi connectivity index (χ3v) is 14.2. The number of nitrogens with zero attached hydrogens (tertiary/aromatic N) is 1. The second kappa shape index (κ2) is 59.1. The van der Waals surface area contributed by atoms with Crippen LogP contribution in [0.4, 0.5) is 0 Å². The molecule has 448 valence electrons. The zero-order valence-corrected chi connectivity index (χ0v) is 51.1. The predicted octanol–water partition coefficient (Wildman–Crippen LogP) is 19.6. The summed E-state index contributed by atoms with van der Waals surface area (Å²) in [5.74, 6) is -2.00. The van der Waals surface area contributed by atoms with E-state index in [9.17, 15) is 19.5 Å². The number of aliphatic carboxylic acids is 1. The van der Waals surface area contributed by atoms with Gasteiger partial charge in [-0.05, 0) is 83.5 Å². The lowest BCUT2D eigenvalue weighted by molar-refractivity contribution is -0.870. The summed E-state index contributed by atoms with van der Waals surface area (Å²) in [6.45, 7) is 4.88. The molecule has 9 nitrogen and oxygen atoms in total. The summed E-state index contributed by atoms with van der Waals surface area (Å²) in [5.41, 5.74) is 0. The van der Waals surface area contributed by atoms with Crippen LogP contribution < -0.4 is 0 Å². The lowest BCUT2D eigenvalue weighted by Crippen LogP contribution is -2.40. The molecule has 9 heteroatoms. The van der Waals surface area contributed by atoms with E-state index in [-0.39, 0.29) is 32.2 Å². The Kier molecular flexibility index (Phi) is 56.8. The normalized spacial score (nSPS) is 13.1. The second-order valence-corrected chi connectivity index (χ2v) is 23.1. The lowest BCUT2D eigenvalue weighted by atomic mass is 10.0. The van der Waals surface area contributed by atoms with Crippen molar-refractivity contribution in [3.8, 4) is 0 Å². The van der Waals surface area contributed by atoms with Crippen LogP contribution in [0, 0.1) is 0 Å². The fourth-order valence-corrected chi connectivity index (χ4v) is 9.23. The van der Waals surface area contributed by atoms with Crippen LogP contribution in [0.15, 0.2) is 60.8 Å². The van der Waals surface area contributed by atoms with Crippen LogP contribution in [0.2, 0.25) is 0 Å².